The van der Waals surface area contributed by atoms with E-state index in [1.807, 2.05) is 18.2 Å². The Balaban J connectivity index is 1.84. The topological polar surface area (TPSA) is 67.6 Å². The fourth-order valence-corrected chi connectivity index (χ4v) is 2.63. The van der Waals surface area contributed by atoms with Gasteiger partial charge in [-0.05, 0) is 18.6 Å². The maximum absolute atomic E-state index is 11.5. The lowest BCUT2D eigenvalue weighted by Crippen LogP contribution is -2.22. The molecule has 5 heteroatoms. The van der Waals surface area contributed by atoms with Crippen LogP contribution in [0.1, 0.15) is 18.0 Å². The van der Waals surface area contributed by atoms with E-state index < -0.39 is 6.04 Å². The van der Waals surface area contributed by atoms with Gasteiger partial charge in [-0.3, -0.25) is 4.79 Å². The summed E-state index contributed by atoms with van der Waals surface area (Å²) in [6.07, 6.45) is 1.34. The number of amides is 1. The highest BCUT2D eigenvalue weighted by atomic mass is 16.5. The second kappa shape index (κ2) is 4.26. The molecule has 1 saturated heterocycles. The van der Waals surface area contributed by atoms with Gasteiger partial charge >= 0.3 is 0 Å². The van der Waals surface area contributed by atoms with Gasteiger partial charge in [-0.25, -0.2) is 0 Å². The molecule has 0 aromatic heterocycles. The van der Waals surface area contributed by atoms with E-state index in [9.17, 15) is 4.79 Å². The minimum Gasteiger partial charge on any atom is -0.380 e. The van der Waals surface area contributed by atoms with E-state index >= 15 is 0 Å². The fourth-order valence-electron chi connectivity index (χ4n) is 2.63. The summed E-state index contributed by atoms with van der Waals surface area (Å²) < 4.78 is 5.36. The number of carbonyl (C=O) groups is 1. The number of ether oxygens (including phenoxy) is 1. The largest absolute Gasteiger partial charge is 0.380 e. The number of rotatable bonds is 2. The zero-order valence-electron chi connectivity index (χ0n) is 10.3. The number of hydrogen-bond donors (Lipinski definition) is 2. The van der Waals surface area contributed by atoms with Crippen LogP contribution < -0.4 is 16.0 Å². The van der Waals surface area contributed by atoms with Gasteiger partial charge < -0.3 is 20.7 Å². The molecule has 5 nitrogen and oxygen atoms in total. The molecule has 2 aliphatic heterocycles. The minimum absolute atomic E-state index is 0.127. The third-order valence-corrected chi connectivity index (χ3v) is 3.76. The van der Waals surface area contributed by atoms with Crippen LogP contribution in [0.25, 0.3) is 0 Å². The van der Waals surface area contributed by atoms with Crippen LogP contribution in [-0.2, 0) is 9.53 Å². The molecule has 2 aliphatic rings. The van der Waals surface area contributed by atoms with Crippen molar-refractivity contribution >= 4 is 17.3 Å². The molecule has 2 heterocycles. The third kappa shape index (κ3) is 1.76. The Bertz CT molecular complexity index is 489. The number of nitrogens with zero attached hydrogens (tertiary/aromatic N) is 1. The maximum atomic E-state index is 11.5. The van der Waals surface area contributed by atoms with Crippen molar-refractivity contribution < 1.29 is 9.53 Å². The molecule has 0 radical (unpaired) electrons. The summed E-state index contributed by atoms with van der Waals surface area (Å²) in [5.41, 5.74) is 8.62. The monoisotopic (exact) mass is 247 g/mol. The van der Waals surface area contributed by atoms with Gasteiger partial charge in [-0.15, -0.1) is 0 Å². The van der Waals surface area contributed by atoms with Gasteiger partial charge in [0.05, 0.1) is 6.10 Å². The quantitative estimate of drug-likeness (QED) is 0.813. The van der Waals surface area contributed by atoms with Crippen molar-refractivity contribution in [2.75, 3.05) is 30.4 Å². The van der Waals surface area contributed by atoms with Crippen LogP contribution in [0, 0.1) is 0 Å². The number of benzene rings is 1. The zero-order valence-corrected chi connectivity index (χ0v) is 10.3. The standard InChI is InChI=1S/C13H17N3O2/c1-18-9-4-5-16(7-9)8-2-3-10-11(6-8)15-13(17)12(10)14/h2-3,6,9,12H,4-5,7,14H2,1H3,(H,15,17). The maximum Gasteiger partial charge on any atom is 0.245 e. The van der Waals surface area contributed by atoms with Crippen LogP contribution in [0.4, 0.5) is 11.4 Å². The molecule has 0 spiro atoms. The summed E-state index contributed by atoms with van der Waals surface area (Å²) in [6, 6.07) is 5.43. The Kier molecular flexibility index (Phi) is 2.72. The Morgan fingerprint density at radius 1 is 1.50 bits per heavy atom. The van der Waals surface area contributed by atoms with Gasteiger partial charge in [0.25, 0.3) is 0 Å². The molecule has 18 heavy (non-hydrogen) atoms. The van der Waals surface area contributed by atoms with Crippen molar-refractivity contribution in [3.05, 3.63) is 23.8 Å². The number of anilines is 2. The van der Waals surface area contributed by atoms with E-state index in [1.54, 1.807) is 7.11 Å². The van der Waals surface area contributed by atoms with Crippen LogP contribution in [0.5, 0.6) is 0 Å². The number of carbonyl (C=O) groups excluding carboxylic acids is 1. The van der Waals surface area contributed by atoms with E-state index in [4.69, 9.17) is 10.5 Å². The number of nitrogens with one attached hydrogen (secondary N) is 1. The average Bonchev–Trinajstić information content (AvgIpc) is 2.95. The fraction of sp³-hybridized carbons (Fsp3) is 0.462. The summed E-state index contributed by atoms with van der Waals surface area (Å²) in [5, 5.41) is 2.81. The highest BCUT2D eigenvalue weighted by Crippen LogP contribution is 2.33. The Morgan fingerprint density at radius 2 is 2.33 bits per heavy atom. The second-order valence-electron chi connectivity index (χ2n) is 4.83. The predicted molar refractivity (Wildman–Crippen MR) is 69.6 cm³/mol. The van der Waals surface area contributed by atoms with E-state index in [1.165, 1.54) is 0 Å². The molecule has 0 aliphatic carbocycles. The Morgan fingerprint density at radius 3 is 3.06 bits per heavy atom. The van der Waals surface area contributed by atoms with Gasteiger partial charge in [0, 0.05) is 37.1 Å². The van der Waals surface area contributed by atoms with Gasteiger partial charge in [-0.1, -0.05) is 6.07 Å². The summed E-state index contributed by atoms with van der Waals surface area (Å²) in [7, 11) is 1.75. The molecule has 3 N–H and O–H groups in total. The number of methoxy groups -OCH3 is 1. The van der Waals surface area contributed by atoms with Crippen molar-refractivity contribution in [1.29, 1.82) is 0 Å². The summed E-state index contributed by atoms with van der Waals surface area (Å²) in [4.78, 5) is 13.8. The second-order valence-corrected chi connectivity index (χ2v) is 4.83. The molecule has 96 valence electrons. The van der Waals surface area contributed by atoms with E-state index in [0.717, 1.165) is 36.4 Å². The lowest BCUT2D eigenvalue weighted by molar-refractivity contribution is -0.116. The highest BCUT2D eigenvalue weighted by Gasteiger charge is 2.29. The van der Waals surface area contributed by atoms with Gasteiger partial charge in [0.2, 0.25) is 5.91 Å². The van der Waals surface area contributed by atoms with Gasteiger partial charge in [0.1, 0.15) is 6.04 Å². The molecule has 0 bridgehead atoms. The first kappa shape index (κ1) is 11.5. The predicted octanol–water partition coefficient (Wildman–Crippen LogP) is 0.864. The number of hydrogen-bond acceptors (Lipinski definition) is 4. The molecule has 1 aromatic carbocycles. The van der Waals surface area contributed by atoms with Crippen molar-refractivity contribution in [2.24, 2.45) is 5.73 Å². The number of nitrogens with two attached hydrogens (primary N) is 1. The molecular formula is C13H17N3O2. The SMILES string of the molecule is COC1CCN(c2ccc3c(c2)NC(=O)C3N)C1. The Hall–Kier alpha value is -1.59. The van der Waals surface area contributed by atoms with Crippen LogP contribution in [0.15, 0.2) is 18.2 Å². The molecule has 2 atom stereocenters. The lowest BCUT2D eigenvalue weighted by Gasteiger charge is -2.19. The van der Waals surface area contributed by atoms with Crippen LogP contribution >= 0.6 is 0 Å². The first-order valence-electron chi connectivity index (χ1n) is 6.17. The summed E-state index contributed by atoms with van der Waals surface area (Å²) in [5.74, 6) is -0.127. The molecular weight excluding hydrogens is 230 g/mol. The molecule has 1 aromatic rings. The highest BCUT2D eigenvalue weighted by molar-refractivity contribution is 6.02. The first-order chi connectivity index (χ1) is 8.69. The van der Waals surface area contributed by atoms with E-state index in [0.29, 0.717) is 6.10 Å². The molecule has 1 amide bonds. The van der Waals surface area contributed by atoms with Crippen LogP contribution in [-0.4, -0.2) is 32.2 Å². The Labute approximate surface area is 106 Å². The molecule has 0 saturated carbocycles. The summed E-state index contributed by atoms with van der Waals surface area (Å²) >= 11 is 0. The van der Waals surface area contributed by atoms with Crippen molar-refractivity contribution in [3.8, 4) is 0 Å². The summed E-state index contributed by atoms with van der Waals surface area (Å²) in [6.45, 7) is 1.88. The third-order valence-electron chi connectivity index (χ3n) is 3.76. The van der Waals surface area contributed by atoms with Crippen molar-refractivity contribution in [1.82, 2.24) is 0 Å². The minimum atomic E-state index is -0.528. The van der Waals surface area contributed by atoms with Crippen molar-refractivity contribution in [2.45, 2.75) is 18.6 Å². The molecule has 2 unspecified atom stereocenters. The smallest absolute Gasteiger partial charge is 0.245 e. The molecule has 1 fully saturated rings. The van der Waals surface area contributed by atoms with Crippen molar-refractivity contribution in [3.63, 3.8) is 0 Å². The average molecular weight is 247 g/mol. The van der Waals surface area contributed by atoms with E-state index in [-0.39, 0.29) is 5.91 Å². The zero-order chi connectivity index (χ0) is 12.7. The number of fused-ring (bicyclic) bond motifs is 1. The van der Waals surface area contributed by atoms with E-state index in [2.05, 4.69) is 10.2 Å². The first-order valence-corrected chi connectivity index (χ1v) is 6.17. The van der Waals surface area contributed by atoms with Gasteiger partial charge in [0.15, 0.2) is 0 Å². The van der Waals surface area contributed by atoms with Gasteiger partial charge in [-0.2, -0.15) is 0 Å². The normalized spacial score (nSPS) is 26.3. The van der Waals surface area contributed by atoms with Crippen LogP contribution in [0.2, 0.25) is 0 Å². The lowest BCUT2D eigenvalue weighted by atomic mass is 10.1. The molecule has 3 rings (SSSR count). The van der Waals surface area contributed by atoms with Crippen LogP contribution in [0.3, 0.4) is 0 Å².